The van der Waals surface area contributed by atoms with Gasteiger partial charge in [0.15, 0.2) is 0 Å². The minimum atomic E-state index is 0.142. The van der Waals surface area contributed by atoms with Crippen LogP contribution in [0.5, 0.6) is 0 Å². The van der Waals surface area contributed by atoms with Crippen LogP contribution in [-0.2, 0) is 11.3 Å². The first-order chi connectivity index (χ1) is 7.84. The van der Waals surface area contributed by atoms with Crippen molar-refractivity contribution in [2.75, 3.05) is 0 Å². The molecule has 16 heavy (non-hydrogen) atoms. The molecule has 2 N–H and O–H groups in total. The average Bonchev–Trinajstić information content (AvgIpc) is 2.96. The molecule has 1 aromatic heterocycles. The number of hydrogen-bond acceptors (Lipinski definition) is 2. The van der Waals surface area contributed by atoms with Crippen molar-refractivity contribution in [2.24, 2.45) is 5.92 Å². The highest BCUT2D eigenvalue weighted by Gasteiger charge is 2.15. The lowest BCUT2D eigenvalue weighted by molar-refractivity contribution is -0.121. The van der Waals surface area contributed by atoms with Crippen LogP contribution in [0.4, 0.5) is 0 Å². The van der Waals surface area contributed by atoms with Crippen LogP contribution >= 0.6 is 0 Å². The molecule has 0 unspecified atom stereocenters. The molecule has 0 saturated heterocycles. The topological polar surface area (TPSA) is 57.8 Å². The van der Waals surface area contributed by atoms with Gasteiger partial charge in [0, 0.05) is 18.8 Å². The maximum absolute atomic E-state index is 11.5. The predicted octanol–water partition coefficient (Wildman–Crippen LogP) is 2.00. The van der Waals surface area contributed by atoms with E-state index in [0.29, 0.717) is 13.0 Å². The molecule has 0 bridgehead atoms. The number of carbonyl (C=O) groups is 1. The van der Waals surface area contributed by atoms with Crippen LogP contribution in [0, 0.1) is 5.92 Å². The molecule has 4 nitrogen and oxygen atoms in total. The molecule has 0 spiro atoms. The van der Waals surface area contributed by atoms with Crippen molar-refractivity contribution in [3.63, 3.8) is 0 Å². The summed E-state index contributed by atoms with van der Waals surface area (Å²) in [5.41, 5.74) is 0. The van der Waals surface area contributed by atoms with Gasteiger partial charge in [0.1, 0.15) is 5.82 Å². The summed E-state index contributed by atoms with van der Waals surface area (Å²) in [5.74, 6) is 1.74. The Balaban J connectivity index is 1.60. The average molecular weight is 221 g/mol. The molecule has 1 heterocycles. The fourth-order valence-electron chi connectivity index (χ4n) is 2.30. The number of nitrogens with zero attached hydrogens (tertiary/aromatic N) is 1. The van der Waals surface area contributed by atoms with Crippen LogP contribution < -0.4 is 5.32 Å². The van der Waals surface area contributed by atoms with Crippen molar-refractivity contribution >= 4 is 5.91 Å². The first-order valence-electron chi connectivity index (χ1n) is 6.09. The molecule has 1 fully saturated rings. The third-order valence-corrected chi connectivity index (χ3v) is 3.26. The van der Waals surface area contributed by atoms with E-state index < -0.39 is 0 Å². The zero-order chi connectivity index (χ0) is 11.2. The molecule has 1 amide bonds. The summed E-state index contributed by atoms with van der Waals surface area (Å²) in [4.78, 5) is 18.6. The molecule has 1 aliphatic carbocycles. The second-order valence-corrected chi connectivity index (χ2v) is 4.50. The minimum absolute atomic E-state index is 0.142. The van der Waals surface area contributed by atoms with Gasteiger partial charge >= 0.3 is 0 Å². The molecule has 88 valence electrons. The second-order valence-electron chi connectivity index (χ2n) is 4.50. The van der Waals surface area contributed by atoms with Gasteiger partial charge in [-0.1, -0.05) is 25.7 Å². The van der Waals surface area contributed by atoms with Gasteiger partial charge in [0.05, 0.1) is 6.54 Å². The molecular formula is C12H19N3O. The highest BCUT2D eigenvalue weighted by Crippen LogP contribution is 2.28. The van der Waals surface area contributed by atoms with Crippen molar-refractivity contribution in [1.29, 1.82) is 0 Å². The molecule has 0 aromatic carbocycles. The Kier molecular flexibility index (Phi) is 3.97. The number of aromatic amines is 1. The Morgan fingerprint density at radius 2 is 2.31 bits per heavy atom. The van der Waals surface area contributed by atoms with Crippen LogP contribution in [0.2, 0.25) is 0 Å². The van der Waals surface area contributed by atoms with Crippen LogP contribution in [-0.4, -0.2) is 15.9 Å². The summed E-state index contributed by atoms with van der Waals surface area (Å²) in [6, 6.07) is 0. The summed E-state index contributed by atoms with van der Waals surface area (Å²) < 4.78 is 0. The van der Waals surface area contributed by atoms with Gasteiger partial charge in [-0.05, 0) is 12.3 Å². The Morgan fingerprint density at radius 1 is 1.50 bits per heavy atom. The summed E-state index contributed by atoms with van der Waals surface area (Å²) in [6.07, 6.45) is 10.5. The standard InChI is InChI=1S/C12H19N3O/c16-12(6-5-10-3-1-2-4-10)15-9-11-13-7-8-14-11/h7-8,10H,1-6,9H2,(H,13,14)(H,15,16). The van der Waals surface area contributed by atoms with Crippen molar-refractivity contribution in [3.8, 4) is 0 Å². The lowest BCUT2D eigenvalue weighted by Gasteiger charge is -2.08. The molecular weight excluding hydrogens is 202 g/mol. The van der Waals surface area contributed by atoms with Crippen molar-refractivity contribution in [2.45, 2.75) is 45.1 Å². The number of hydrogen-bond donors (Lipinski definition) is 2. The largest absolute Gasteiger partial charge is 0.349 e. The number of nitrogens with one attached hydrogen (secondary N) is 2. The molecule has 0 radical (unpaired) electrons. The first-order valence-corrected chi connectivity index (χ1v) is 6.09. The molecule has 0 atom stereocenters. The van der Waals surface area contributed by atoms with Crippen molar-refractivity contribution in [1.82, 2.24) is 15.3 Å². The third-order valence-electron chi connectivity index (χ3n) is 3.26. The smallest absolute Gasteiger partial charge is 0.220 e. The third kappa shape index (κ3) is 3.36. The van der Waals surface area contributed by atoms with Gasteiger partial charge in [-0.15, -0.1) is 0 Å². The number of aromatic nitrogens is 2. The van der Waals surface area contributed by atoms with Gasteiger partial charge in [0.2, 0.25) is 5.91 Å². The summed E-state index contributed by atoms with van der Waals surface area (Å²) in [7, 11) is 0. The van der Waals surface area contributed by atoms with E-state index in [1.165, 1.54) is 25.7 Å². The predicted molar refractivity (Wildman–Crippen MR) is 61.6 cm³/mol. The van der Waals surface area contributed by atoms with E-state index in [4.69, 9.17) is 0 Å². The van der Waals surface area contributed by atoms with E-state index in [2.05, 4.69) is 15.3 Å². The Labute approximate surface area is 95.9 Å². The Bertz CT molecular complexity index is 315. The molecule has 4 heteroatoms. The van der Waals surface area contributed by atoms with E-state index in [1.54, 1.807) is 12.4 Å². The van der Waals surface area contributed by atoms with Gasteiger partial charge in [-0.2, -0.15) is 0 Å². The van der Waals surface area contributed by atoms with Gasteiger partial charge in [0.25, 0.3) is 0 Å². The fraction of sp³-hybridized carbons (Fsp3) is 0.667. The zero-order valence-electron chi connectivity index (χ0n) is 9.54. The van der Waals surface area contributed by atoms with E-state index in [9.17, 15) is 4.79 Å². The maximum atomic E-state index is 11.5. The summed E-state index contributed by atoms with van der Waals surface area (Å²) in [5, 5.41) is 2.88. The number of imidazole rings is 1. The maximum Gasteiger partial charge on any atom is 0.220 e. The fourth-order valence-corrected chi connectivity index (χ4v) is 2.30. The van der Waals surface area contributed by atoms with E-state index >= 15 is 0 Å². The van der Waals surface area contributed by atoms with Crippen LogP contribution in [0.25, 0.3) is 0 Å². The Hall–Kier alpha value is -1.32. The highest BCUT2D eigenvalue weighted by molar-refractivity contribution is 5.75. The van der Waals surface area contributed by atoms with Crippen LogP contribution in [0.15, 0.2) is 12.4 Å². The molecule has 2 rings (SSSR count). The molecule has 1 aliphatic rings. The van der Waals surface area contributed by atoms with Crippen molar-refractivity contribution < 1.29 is 4.79 Å². The number of carbonyl (C=O) groups excluding carboxylic acids is 1. The number of amides is 1. The summed E-state index contributed by atoms with van der Waals surface area (Å²) in [6.45, 7) is 0.510. The van der Waals surface area contributed by atoms with E-state index in [-0.39, 0.29) is 5.91 Å². The van der Waals surface area contributed by atoms with Crippen LogP contribution in [0.1, 0.15) is 44.3 Å². The summed E-state index contributed by atoms with van der Waals surface area (Å²) >= 11 is 0. The lowest BCUT2D eigenvalue weighted by Crippen LogP contribution is -2.23. The van der Waals surface area contributed by atoms with Gasteiger partial charge in [-0.3, -0.25) is 4.79 Å². The van der Waals surface area contributed by atoms with E-state index in [1.807, 2.05) is 0 Å². The number of rotatable bonds is 5. The number of H-pyrrole nitrogens is 1. The molecule has 1 saturated carbocycles. The lowest BCUT2D eigenvalue weighted by atomic mass is 10.0. The van der Waals surface area contributed by atoms with Gasteiger partial charge in [-0.25, -0.2) is 4.98 Å². The zero-order valence-corrected chi connectivity index (χ0v) is 9.54. The second kappa shape index (κ2) is 5.68. The first kappa shape index (κ1) is 11.2. The SMILES string of the molecule is O=C(CCC1CCCC1)NCc1ncc[nH]1. The molecule has 0 aliphatic heterocycles. The van der Waals surface area contributed by atoms with E-state index in [0.717, 1.165) is 18.2 Å². The molecule has 1 aromatic rings. The highest BCUT2D eigenvalue weighted by atomic mass is 16.1. The van der Waals surface area contributed by atoms with Crippen LogP contribution in [0.3, 0.4) is 0 Å². The van der Waals surface area contributed by atoms with Gasteiger partial charge < -0.3 is 10.3 Å². The quantitative estimate of drug-likeness (QED) is 0.799. The minimum Gasteiger partial charge on any atom is -0.349 e. The van der Waals surface area contributed by atoms with Crippen molar-refractivity contribution in [3.05, 3.63) is 18.2 Å². The normalized spacial score (nSPS) is 16.5. The Morgan fingerprint density at radius 3 is 3.00 bits per heavy atom. The monoisotopic (exact) mass is 221 g/mol.